The van der Waals surface area contributed by atoms with Crippen molar-refractivity contribution in [3.63, 3.8) is 0 Å². The summed E-state index contributed by atoms with van der Waals surface area (Å²) in [6.45, 7) is 1.72. The molecule has 1 aromatic heterocycles. The average molecular weight is 363 g/mol. The normalized spacial score (nSPS) is 10.3. The number of hydrogen-bond donors (Lipinski definition) is 2. The maximum Gasteiger partial charge on any atom is 0.295 e. The van der Waals surface area contributed by atoms with Gasteiger partial charge in [-0.05, 0) is 47.7 Å². The summed E-state index contributed by atoms with van der Waals surface area (Å²) in [5, 5.41) is 9.51. The summed E-state index contributed by atoms with van der Waals surface area (Å²) < 4.78 is 0.980. The first kappa shape index (κ1) is 12.3. The number of rotatable bonds is 2. The van der Waals surface area contributed by atoms with Crippen molar-refractivity contribution in [3.8, 4) is 0 Å². The Balaban J connectivity index is 2.21. The summed E-state index contributed by atoms with van der Waals surface area (Å²) in [5.41, 5.74) is 0.547. The van der Waals surface area contributed by atoms with Gasteiger partial charge in [0.25, 0.3) is 5.91 Å². The lowest BCUT2D eigenvalue weighted by atomic mass is 10.3. The minimum absolute atomic E-state index is 0.0948. The first-order valence-corrected chi connectivity index (χ1v) is 6.17. The van der Waals surface area contributed by atoms with E-state index in [2.05, 4.69) is 43.1 Å². The molecule has 0 saturated carbocycles. The number of carbonyl (C=O) groups is 1. The highest BCUT2D eigenvalue weighted by Gasteiger charge is 2.13. The van der Waals surface area contributed by atoms with Gasteiger partial charge in [0.1, 0.15) is 5.82 Å². The van der Waals surface area contributed by atoms with Crippen LogP contribution in [0.15, 0.2) is 18.2 Å². The minimum Gasteiger partial charge on any atom is -0.318 e. The summed E-state index contributed by atoms with van der Waals surface area (Å²) in [6.07, 6.45) is 0. The molecule has 0 radical (unpaired) electrons. The van der Waals surface area contributed by atoms with Crippen LogP contribution in [-0.4, -0.2) is 21.1 Å². The summed E-state index contributed by atoms with van der Waals surface area (Å²) in [7, 11) is 0. The molecule has 0 atom stereocenters. The number of amides is 1. The van der Waals surface area contributed by atoms with Gasteiger partial charge in [0, 0.05) is 3.57 Å². The van der Waals surface area contributed by atoms with Crippen LogP contribution >= 0.6 is 34.2 Å². The average Bonchev–Trinajstić information content (AvgIpc) is 2.70. The van der Waals surface area contributed by atoms with Crippen molar-refractivity contribution in [2.24, 2.45) is 0 Å². The number of aryl methyl sites for hydroxylation is 1. The number of carbonyl (C=O) groups excluding carboxylic acids is 1. The molecular weight excluding hydrogens is 354 g/mol. The van der Waals surface area contributed by atoms with Gasteiger partial charge < -0.3 is 5.32 Å². The van der Waals surface area contributed by atoms with Gasteiger partial charge in [0.2, 0.25) is 5.82 Å². The van der Waals surface area contributed by atoms with Crippen molar-refractivity contribution in [2.75, 3.05) is 5.32 Å². The Bertz CT molecular complexity index is 569. The lowest BCUT2D eigenvalue weighted by molar-refractivity contribution is 0.101. The zero-order valence-corrected chi connectivity index (χ0v) is 11.7. The number of aromatic nitrogens is 3. The molecule has 7 heteroatoms. The first-order valence-electron chi connectivity index (χ1n) is 4.71. The zero-order valence-electron chi connectivity index (χ0n) is 8.79. The van der Waals surface area contributed by atoms with Crippen molar-refractivity contribution in [3.05, 3.63) is 38.4 Å². The number of hydrogen-bond acceptors (Lipinski definition) is 3. The standard InChI is InChI=1S/C10H8ClIN4O/c1-5-13-9(16-15-5)10(17)14-8-4-6(12)2-3-7(8)11/h2-4H,1H3,(H,14,17)(H,13,15,16). The highest BCUT2D eigenvalue weighted by Crippen LogP contribution is 2.24. The summed E-state index contributed by atoms with van der Waals surface area (Å²) in [4.78, 5) is 15.7. The van der Waals surface area contributed by atoms with Gasteiger partial charge in [-0.15, -0.1) is 5.10 Å². The van der Waals surface area contributed by atoms with E-state index >= 15 is 0 Å². The second kappa shape index (κ2) is 5.01. The lowest BCUT2D eigenvalue weighted by Gasteiger charge is -2.05. The van der Waals surface area contributed by atoms with E-state index in [-0.39, 0.29) is 5.82 Å². The predicted molar refractivity (Wildman–Crippen MR) is 73.2 cm³/mol. The van der Waals surface area contributed by atoms with Gasteiger partial charge in [0.05, 0.1) is 10.7 Å². The zero-order chi connectivity index (χ0) is 12.4. The van der Waals surface area contributed by atoms with Crippen molar-refractivity contribution in [1.29, 1.82) is 0 Å². The number of halogens is 2. The minimum atomic E-state index is -0.391. The second-order valence-electron chi connectivity index (χ2n) is 3.32. The van der Waals surface area contributed by atoms with Gasteiger partial charge in [-0.25, -0.2) is 4.98 Å². The van der Waals surface area contributed by atoms with Gasteiger partial charge >= 0.3 is 0 Å². The van der Waals surface area contributed by atoms with Crippen molar-refractivity contribution >= 4 is 45.8 Å². The Kier molecular flexibility index (Phi) is 3.63. The number of anilines is 1. The molecule has 0 saturated heterocycles. The highest BCUT2D eigenvalue weighted by molar-refractivity contribution is 14.1. The third-order valence-electron chi connectivity index (χ3n) is 1.98. The van der Waals surface area contributed by atoms with Crippen LogP contribution in [0.1, 0.15) is 16.4 Å². The van der Waals surface area contributed by atoms with Crippen molar-refractivity contribution in [2.45, 2.75) is 6.92 Å². The van der Waals surface area contributed by atoms with Crippen molar-refractivity contribution in [1.82, 2.24) is 15.2 Å². The van der Waals surface area contributed by atoms with Crippen LogP contribution in [0.5, 0.6) is 0 Å². The maximum absolute atomic E-state index is 11.8. The van der Waals surface area contributed by atoms with Crippen molar-refractivity contribution < 1.29 is 4.79 Å². The predicted octanol–water partition coefficient (Wildman–Crippen LogP) is 2.62. The molecule has 1 amide bonds. The van der Waals surface area contributed by atoms with Crippen LogP contribution in [-0.2, 0) is 0 Å². The molecule has 0 bridgehead atoms. The van der Waals surface area contributed by atoms with Gasteiger partial charge in [-0.2, -0.15) is 0 Å². The summed E-state index contributed by atoms with van der Waals surface area (Å²) in [5.74, 6) is 0.291. The Morgan fingerprint density at radius 1 is 1.53 bits per heavy atom. The molecule has 5 nitrogen and oxygen atoms in total. The monoisotopic (exact) mass is 362 g/mol. The third-order valence-corrected chi connectivity index (χ3v) is 2.98. The first-order chi connectivity index (χ1) is 8.06. The number of aromatic amines is 1. The molecule has 88 valence electrons. The molecule has 1 heterocycles. The van der Waals surface area contributed by atoms with E-state index in [1.165, 1.54) is 0 Å². The quantitative estimate of drug-likeness (QED) is 0.807. The van der Waals surface area contributed by atoms with Crippen LogP contribution in [0.25, 0.3) is 0 Å². The van der Waals surface area contributed by atoms with E-state index in [9.17, 15) is 4.79 Å². The number of nitrogens with zero attached hydrogens (tertiary/aromatic N) is 2. The fraction of sp³-hybridized carbons (Fsp3) is 0.100. The molecular formula is C10H8ClIN4O. The molecule has 2 aromatic rings. The SMILES string of the molecule is Cc1nc(C(=O)Nc2cc(I)ccc2Cl)n[nH]1. The molecule has 0 fully saturated rings. The summed E-state index contributed by atoms with van der Waals surface area (Å²) >= 11 is 8.11. The van der Waals surface area contributed by atoms with Gasteiger partial charge in [-0.1, -0.05) is 11.6 Å². The maximum atomic E-state index is 11.8. The van der Waals surface area contributed by atoms with E-state index in [1.54, 1.807) is 19.1 Å². The van der Waals surface area contributed by atoms with Gasteiger partial charge in [-0.3, -0.25) is 9.89 Å². The van der Waals surface area contributed by atoms with E-state index in [0.29, 0.717) is 16.5 Å². The summed E-state index contributed by atoms with van der Waals surface area (Å²) in [6, 6.07) is 5.36. The number of nitrogens with one attached hydrogen (secondary N) is 2. The Hall–Kier alpha value is -1.15. The van der Waals surface area contributed by atoms with Crippen LogP contribution in [0.4, 0.5) is 5.69 Å². The molecule has 0 unspecified atom stereocenters. The smallest absolute Gasteiger partial charge is 0.295 e. The Morgan fingerprint density at radius 3 is 2.94 bits per heavy atom. The highest BCUT2D eigenvalue weighted by atomic mass is 127. The molecule has 2 rings (SSSR count). The number of benzene rings is 1. The van der Waals surface area contributed by atoms with E-state index in [0.717, 1.165) is 3.57 Å². The van der Waals surface area contributed by atoms with E-state index in [4.69, 9.17) is 11.6 Å². The molecule has 0 spiro atoms. The Labute approximate surface area is 116 Å². The van der Waals surface area contributed by atoms with Crippen LogP contribution < -0.4 is 5.32 Å². The molecule has 0 aliphatic carbocycles. The van der Waals surface area contributed by atoms with E-state index < -0.39 is 5.91 Å². The molecule has 2 N–H and O–H groups in total. The topological polar surface area (TPSA) is 70.7 Å². The third kappa shape index (κ3) is 2.95. The fourth-order valence-electron chi connectivity index (χ4n) is 1.22. The molecule has 0 aliphatic rings. The molecule has 0 aliphatic heterocycles. The fourth-order valence-corrected chi connectivity index (χ4v) is 1.87. The van der Waals surface area contributed by atoms with Crippen LogP contribution in [0.2, 0.25) is 5.02 Å². The second-order valence-corrected chi connectivity index (χ2v) is 4.98. The van der Waals surface area contributed by atoms with E-state index in [1.807, 2.05) is 6.07 Å². The molecule has 17 heavy (non-hydrogen) atoms. The lowest BCUT2D eigenvalue weighted by Crippen LogP contribution is -2.14. The Morgan fingerprint density at radius 2 is 2.29 bits per heavy atom. The van der Waals surface area contributed by atoms with Gasteiger partial charge in [0.15, 0.2) is 0 Å². The largest absolute Gasteiger partial charge is 0.318 e. The van der Waals surface area contributed by atoms with Crippen LogP contribution in [0, 0.1) is 10.5 Å². The van der Waals surface area contributed by atoms with Crippen LogP contribution in [0.3, 0.4) is 0 Å². The number of H-pyrrole nitrogens is 1. The molecule has 1 aromatic carbocycles.